The summed E-state index contributed by atoms with van der Waals surface area (Å²) in [6.07, 6.45) is 0. The first-order chi connectivity index (χ1) is 7.69. The van der Waals surface area contributed by atoms with E-state index in [-0.39, 0.29) is 11.9 Å². The molecule has 1 N–H and O–H groups in total. The van der Waals surface area contributed by atoms with Crippen molar-refractivity contribution in [1.29, 1.82) is 0 Å². The molecule has 5 nitrogen and oxygen atoms in total. The molecule has 0 aliphatic carbocycles. The molecule has 2 unspecified atom stereocenters. The number of carbonyl (C=O) groups excluding carboxylic acids is 1. The normalized spacial score (nSPS) is 24.5. The van der Waals surface area contributed by atoms with Crippen LogP contribution in [0.4, 0.5) is 0 Å². The van der Waals surface area contributed by atoms with Crippen molar-refractivity contribution in [3.8, 4) is 0 Å². The highest BCUT2D eigenvalue weighted by Crippen LogP contribution is 2.27. The summed E-state index contributed by atoms with van der Waals surface area (Å²) in [5.41, 5.74) is -0.629. The standard InChI is InChI=1S/C12H22N2O3/c1-8(10(15)16)9(2)14-7-6-13(5)11(17)12(14,3)4/h8-9H,6-7H2,1-5H3,(H,15,16). The van der Waals surface area contributed by atoms with Crippen LogP contribution in [0.25, 0.3) is 0 Å². The Morgan fingerprint density at radius 3 is 2.35 bits per heavy atom. The van der Waals surface area contributed by atoms with Gasteiger partial charge in [0.1, 0.15) is 0 Å². The highest BCUT2D eigenvalue weighted by atomic mass is 16.4. The van der Waals surface area contributed by atoms with Crippen molar-refractivity contribution < 1.29 is 14.7 Å². The molecule has 0 spiro atoms. The van der Waals surface area contributed by atoms with E-state index in [4.69, 9.17) is 5.11 Å². The van der Waals surface area contributed by atoms with Crippen LogP contribution < -0.4 is 0 Å². The van der Waals surface area contributed by atoms with Gasteiger partial charge in [-0.15, -0.1) is 0 Å². The van der Waals surface area contributed by atoms with Crippen LogP contribution in [-0.2, 0) is 9.59 Å². The molecular weight excluding hydrogens is 220 g/mol. The average molecular weight is 242 g/mol. The lowest BCUT2D eigenvalue weighted by molar-refractivity contribution is -0.155. The van der Waals surface area contributed by atoms with E-state index in [2.05, 4.69) is 0 Å². The van der Waals surface area contributed by atoms with E-state index in [1.54, 1.807) is 18.9 Å². The van der Waals surface area contributed by atoms with Crippen molar-refractivity contribution in [2.24, 2.45) is 5.92 Å². The number of hydrogen-bond donors (Lipinski definition) is 1. The monoisotopic (exact) mass is 242 g/mol. The van der Waals surface area contributed by atoms with Crippen molar-refractivity contribution in [3.05, 3.63) is 0 Å². The number of amides is 1. The highest BCUT2D eigenvalue weighted by Gasteiger charge is 2.44. The minimum Gasteiger partial charge on any atom is -0.481 e. The van der Waals surface area contributed by atoms with E-state index in [1.165, 1.54) is 0 Å². The van der Waals surface area contributed by atoms with Crippen LogP contribution >= 0.6 is 0 Å². The Hall–Kier alpha value is -1.10. The summed E-state index contributed by atoms with van der Waals surface area (Å²) >= 11 is 0. The van der Waals surface area contributed by atoms with E-state index in [0.29, 0.717) is 13.1 Å². The molecule has 0 radical (unpaired) electrons. The van der Waals surface area contributed by atoms with Crippen molar-refractivity contribution in [2.45, 2.75) is 39.3 Å². The number of piperazine rings is 1. The maximum absolute atomic E-state index is 12.1. The molecule has 1 fully saturated rings. The molecule has 0 aromatic carbocycles. The molecule has 1 aliphatic rings. The summed E-state index contributed by atoms with van der Waals surface area (Å²) in [5, 5.41) is 9.05. The second-order valence-electron chi connectivity index (χ2n) is 5.35. The predicted molar refractivity (Wildman–Crippen MR) is 64.7 cm³/mol. The Morgan fingerprint density at radius 2 is 1.88 bits per heavy atom. The van der Waals surface area contributed by atoms with Gasteiger partial charge in [0.2, 0.25) is 5.91 Å². The Morgan fingerprint density at radius 1 is 1.35 bits per heavy atom. The van der Waals surface area contributed by atoms with Gasteiger partial charge in [0.05, 0.1) is 11.5 Å². The van der Waals surface area contributed by atoms with E-state index >= 15 is 0 Å². The molecule has 98 valence electrons. The summed E-state index contributed by atoms with van der Waals surface area (Å²) in [6, 6.07) is -0.153. The van der Waals surface area contributed by atoms with Gasteiger partial charge in [-0.2, -0.15) is 0 Å². The van der Waals surface area contributed by atoms with Gasteiger partial charge >= 0.3 is 5.97 Å². The second kappa shape index (κ2) is 4.64. The number of likely N-dealkylation sites (N-methyl/N-ethyl adjacent to an activating group) is 1. The fourth-order valence-electron chi connectivity index (χ4n) is 2.42. The maximum atomic E-state index is 12.1. The third kappa shape index (κ3) is 2.44. The molecule has 0 aromatic rings. The third-order valence-electron chi connectivity index (χ3n) is 3.87. The molecule has 1 amide bonds. The Balaban J connectivity index is 2.91. The van der Waals surface area contributed by atoms with Gasteiger partial charge in [0.25, 0.3) is 0 Å². The Kier molecular flexibility index (Phi) is 3.81. The quantitative estimate of drug-likeness (QED) is 0.789. The van der Waals surface area contributed by atoms with Crippen LogP contribution in [0.15, 0.2) is 0 Å². The first kappa shape index (κ1) is 14.0. The van der Waals surface area contributed by atoms with Crippen molar-refractivity contribution in [2.75, 3.05) is 20.1 Å². The minimum atomic E-state index is -0.820. The lowest BCUT2D eigenvalue weighted by Gasteiger charge is -2.48. The molecule has 17 heavy (non-hydrogen) atoms. The SMILES string of the molecule is CC(C(=O)O)C(C)N1CCN(C)C(=O)C1(C)C. The Labute approximate surface area is 102 Å². The minimum absolute atomic E-state index is 0.0492. The third-order valence-corrected chi connectivity index (χ3v) is 3.87. The van der Waals surface area contributed by atoms with Gasteiger partial charge in [0.15, 0.2) is 0 Å². The topological polar surface area (TPSA) is 60.9 Å². The van der Waals surface area contributed by atoms with Gasteiger partial charge in [-0.05, 0) is 20.8 Å². The zero-order chi connectivity index (χ0) is 13.4. The number of carboxylic acid groups (broad SMARTS) is 1. The van der Waals surface area contributed by atoms with Gasteiger partial charge in [-0.3, -0.25) is 14.5 Å². The van der Waals surface area contributed by atoms with E-state index in [9.17, 15) is 9.59 Å². The van der Waals surface area contributed by atoms with E-state index in [1.807, 2.05) is 25.7 Å². The molecular formula is C12H22N2O3. The van der Waals surface area contributed by atoms with Crippen LogP contribution in [0, 0.1) is 5.92 Å². The molecule has 1 heterocycles. The fraction of sp³-hybridized carbons (Fsp3) is 0.833. The molecule has 1 rings (SSSR count). The van der Waals surface area contributed by atoms with E-state index < -0.39 is 17.4 Å². The number of nitrogens with zero attached hydrogens (tertiary/aromatic N) is 2. The average Bonchev–Trinajstić information content (AvgIpc) is 2.24. The summed E-state index contributed by atoms with van der Waals surface area (Å²) < 4.78 is 0. The zero-order valence-electron chi connectivity index (χ0n) is 11.2. The van der Waals surface area contributed by atoms with Crippen LogP contribution in [0.2, 0.25) is 0 Å². The van der Waals surface area contributed by atoms with Crippen LogP contribution in [0.1, 0.15) is 27.7 Å². The van der Waals surface area contributed by atoms with Gasteiger partial charge < -0.3 is 10.0 Å². The zero-order valence-corrected chi connectivity index (χ0v) is 11.2. The lowest BCUT2D eigenvalue weighted by Crippen LogP contribution is -2.65. The van der Waals surface area contributed by atoms with Gasteiger partial charge in [-0.1, -0.05) is 6.92 Å². The molecule has 5 heteroatoms. The molecule has 1 aliphatic heterocycles. The number of hydrogen-bond acceptors (Lipinski definition) is 3. The second-order valence-corrected chi connectivity index (χ2v) is 5.35. The van der Waals surface area contributed by atoms with Crippen LogP contribution in [0.5, 0.6) is 0 Å². The number of aliphatic carboxylic acids is 1. The summed E-state index contributed by atoms with van der Waals surface area (Å²) in [6.45, 7) is 8.64. The Bertz CT molecular complexity index is 328. The number of carboxylic acids is 1. The van der Waals surface area contributed by atoms with Crippen LogP contribution in [-0.4, -0.2) is 58.5 Å². The molecule has 0 bridgehead atoms. The molecule has 0 aromatic heterocycles. The van der Waals surface area contributed by atoms with Gasteiger partial charge in [-0.25, -0.2) is 0 Å². The smallest absolute Gasteiger partial charge is 0.307 e. The number of rotatable bonds is 3. The van der Waals surface area contributed by atoms with E-state index in [0.717, 1.165) is 0 Å². The van der Waals surface area contributed by atoms with Crippen LogP contribution in [0.3, 0.4) is 0 Å². The summed E-state index contributed by atoms with van der Waals surface area (Å²) in [5.74, 6) is -1.25. The molecule has 1 saturated heterocycles. The molecule has 0 saturated carbocycles. The maximum Gasteiger partial charge on any atom is 0.307 e. The fourth-order valence-corrected chi connectivity index (χ4v) is 2.42. The lowest BCUT2D eigenvalue weighted by atomic mass is 9.91. The summed E-state index contributed by atoms with van der Waals surface area (Å²) in [7, 11) is 1.78. The van der Waals surface area contributed by atoms with Crippen molar-refractivity contribution >= 4 is 11.9 Å². The van der Waals surface area contributed by atoms with Gasteiger partial charge in [0, 0.05) is 26.2 Å². The van der Waals surface area contributed by atoms with Crippen molar-refractivity contribution in [1.82, 2.24) is 9.80 Å². The predicted octanol–water partition coefficient (Wildman–Crippen LogP) is 0.648. The number of carbonyl (C=O) groups is 2. The summed E-state index contributed by atoms with van der Waals surface area (Å²) in [4.78, 5) is 26.8. The van der Waals surface area contributed by atoms with Crippen molar-refractivity contribution in [3.63, 3.8) is 0 Å². The molecule has 2 atom stereocenters. The largest absolute Gasteiger partial charge is 0.481 e. The first-order valence-electron chi connectivity index (χ1n) is 5.94. The first-order valence-corrected chi connectivity index (χ1v) is 5.94. The highest BCUT2D eigenvalue weighted by molar-refractivity contribution is 5.86.